The molecule has 1 saturated carbocycles. The van der Waals surface area contributed by atoms with Gasteiger partial charge in [-0.2, -0.15) is 0 Å². The van der Waals surface area contributed by atoms with Crippen molar-refractivity contribution in [1.29, 1.82) is 0 Å². The van der Waals surface area contributed by atoms with E-state index in [1.165, 1.54) is 6.07 Å². The first-order valence-electron chi connectivity index (χ1n) is 19.2. The second-order valence-corrected chi connectivity index (χ2v) is 15.1. The normalized spacial score (nSPS) is 16.1. The monoisotopic (exact) mass is 754 g/mol. The van der Waals surface area contributed by atoms with Gasteiger partial charge in [0, 0.05) is 80.4 Å². The van der Waals surface area contributed by atoms with E-state index < -0.39 is 11.7 Å². The molecule has 2 N–H and O–H groups in total. The Labute approximate surface area is 318 Å². The number of halogens is 1. The van der Waals surface area contributed by atoms with E-state index >= 15 is 4.39 Å². The van der Waals surface area contributed by atoms with Gasteiger partial charge < -0.3 is 43.8 Å². The number of carbonyl (C=O) groups is 1. The van der Waals surface area contributed by atoms with Crippen LogP contribution in [0.2, 0.25) is 0 Å². The van der Waals surface area contributed by atoms with Crippen molar-refractivity contribution in [2.45, 2.75) is 77.7 Å². The van der Waals surface area contributed by atoms with E-state index in [1.54, 1.807) is 6.20 Å². The molecule has 1 aliphatic carbocycles. The van der Waals surface area contributed by atoms with Crippen LogP contribution in [0.4, 0.5) is 14.9 Å². The number of nitrogens with one attached hydrogen (secondary N) is 2. The molecule has 5 rings (SSSR count). The standard InChI is InChI=1S/C40H59FN6O7/c1-29-22-30(8-10-43-29)25-42-26-31-27-47(32-6-7-32)36-24-37(35(41)23-34(36)38(31)48)46-12-9-33(28-46)45(5)13-15-51-17-19-53-21-20-52-18-16-50-14-11-44-39(49)54-40(2,3)4/h8,10,22-24,27,32-33,42H,6-7,9,11-21,25-26,28H2,1-5H3,(H,44,49)/t33-/m1/s1. The zero-order valence-corrected chi connectivity index (χ0v) is 32.7. The van der Waals surface area contributed by atoms with Crippen LogP contribution in [0, 0.1) is 12.7 Å². The number of pyridine rings is 2. The Morgan fingerprint density at radius 3 is 2.31 bits per heavy atom. The Hall–Kier alpha value is -3.66. The fourth-order valence-electron chi connectivity index (χ4n) is 6.51. The predicted octanol–water partition coefficient (Wildman–Crippen LogP) is 4.57. The minimum absolute atomic E-state index is 0.117. The summed E-state index contributed by atoms with van der Waals surface area (Å²) < 4.78 is 45.5. The Kier molecular flexibility index (Phi) is 15.6. The highest BCUT2D eigenvalue weighted by atomic mass is 19.1. The Morgan fingerprint density at radius 2 is 1.65 bits per heavy atom. The number of fused-ring (bicyclic) bond motifs is 1. The molecule has 298 valence electrons. The van der Waals surface area contributed by atoms with Gasteiger partial charge in [-0.05, 0) is 83.8 Å². The van der Waals surface area contributed by atoms with Crippen LogP contribution in [0.3, 0.4) is 0 Å². The number of benzene rings is 1. The van der Waals surface area contributed by atoms with Gasteiger partial charge in [0.15, 0.2) is 5.43 Å². The third-order valence-electron chi connectivity index (χ3n) is 9.47. The fourth-order valence-corrected chi connectivity index (χ4v) is 6.51. The number of aryl methyl sites for hydroxylation is 1. The summed E-state index contributed by atoms with van der Waals surface area (Å²) in [6, 6.07) is 7.94. The number of carbonyl (C=O) groups excluding carboxylic acids is 1. The molecule has 0 spiro atoms. The van der Waals surface area contributed by atoms with Crippen molar-refractivity contribution in [3.05, 3.63) is 69.5 Å². The van der Waals surface area contributed by atoms with Gasteiger partial charge in [0.25, 0.3) is 0 Å². The van der Waals surface area contributed by atoms with Gasteiger partial charge >= 0.3 is 6.09 Å². The number of aromatic nitrogens is 2. The van der Waals surface area contributed by atoms with E-state index in [9.17, 15) is 9.59 Å². The summed E-state index contributed by atoms with van der Waals surface area (Å²) in [5, 5.41) is 6.47. The van der Waals surface area contributed by atoms with Gasteiger partial charge in [0.05, 0.1) is 64.1 Å². The largest absolute Gasteiger partial charge is 0.444 e. The summed E-state index contributed by atoms with van der Waals surface area (Å²) in [6.07, 6.45) is 6.34. The topological polar surface area (TPSA) is 129 Å². The first kappa shape index (κ1) is 41.5. The number of ether oxygens (including phenoxy) is 5. The molecule has 1 amide bonds. The molecule has 1 saturated heterocycles. The fraction of sp³-hybridized carbons (Fsp3) is 0.625. The second-order valence-electron chi connectivity index (χ2n) is 15.1. The lowest BCUT2D eigenvalue weighted by molar-refractivity contribution is -0.00399. The third kappa shape index (κ3) is 13.0. The van der Waals surface area contributed by atoms with E-state index in [0.29, 0.717) is 102 Å². The van der Waals surface area contributed by atoms with Gasteiger partial charge in [-0.3, -0.25) is 14.7 Å². The molecule has 1 aliphatic heterocycles. The molecule has 2 aromatic heterocycles. The molecule has 1 aromatic carbocycles. The number of nitrogens with zero attached hydrogens (tertiary/aromatic N) is 4. The number of alkyl carbamates (subject to hydrolysis) is 1. The molecule has 3 aromatic rings. The zero-order chi connectivity index (χ0) is 38.5. The number of anilines is 1. The summed E-state index contributed by atoms with van der Waals surface area (Å²) in [6.45, 7) is 14.8. The maximum Gasteiger partial charge on any atom is 0.407 e. The van der Waals surface area contributed by atoms with Crippen molar-refractivity contribution in [3.63, 3.8) is 0 Å². The van der Waals surface area contributed by atoms with Crippen LogP contribution in [-0.2, 0) is 36.8 Å². The quantitative estimate of drug-likeness (QED) is 0.140. The summed E-state index contributed by atoms with van der Waals surface area (Å²) >= 11 is 0. The van der Waals surface area contributed by atoms with Gasteiger partial charge in [-0.15, -0.1) is 0 Å². The Balaban J connectivity index is 0.969. The number of rotatable bonds is 22. The van der Waals surface area contributed by atoms with Gasteiger partial charge in [-0.1, -0.05) is 0 Å². The van der Waals surface area contributed by atoms with Crippen LogP contribution in [-0.4, -0.2) is 118 Å². The Morgan fingerprint density at radius 1 is 0.963 bits per heavy atom. The van der Waals surface area contributed by atoms with Crippen molar-refractivity contribution in [3.8, 4) is 0 Å². The summed E-state index contributed by atoms with van der Waals surface area (Å²) in [7, 11) is 2.08. The third-order valence-corrected chi connectivity index (χ3v) is 9.47. The van der Waals surface area contributed by atoms with Crippen molar-refractivity contribution in [2.24, 2.45) is 0 Å². The van der Waals surface area contributed by atoms with Crippen LogP contribution in [0.5, 0.6) is 0 Å². The van der Waals surface area contributed by atoms with E-state index in [1.807, 2.05) is 52.1 Å². The number of hydrogen-bond donors (Lipinski definition) is 2. The van der Waals surface area contributed by atoms with E-state index in [-0.39, 0.29) is 17.3 Å². The molecule has 0 unspecified atom stereocenters. The van der Waals surface area contributed by atoms with Crippen LogP contribution < -0.4 is 21.0 Å². The maximum absolute atomic E-state index is 15.7. The average Bonchev–Trinajstić information content (AvgIpc) is 3.85. The molecule has 2 aliphatic rings. The van der Waals surface area contributed by atoms with Crippen LogP contribution in [0.15, 0.2) is 41.5 Å². The molecular weight excluding hydrogens is 695 g/mol. The molecule has 2 fully saturated rings. The summed E-state index contributed by atoms with van der Waals surface area (Å²) in [5.41, 5.74) is 3.44. The van der Waals surface area contributed by atoms with Gasteiger partial charge in [-0.25, -0.2) is 9.18 Å². The summed E-state index contributed by atoms with van der Waals surface area (Å²) in [5.74, 6) is -0.352. The number of hydrogen-bond acceptors (Lipinski definition) is 11. The predicted molar refractivity (Wildman–Crippen MR) is 207 cm³/mol. The SMILES string of the molecule is Cc1cc(CNCc2cn(C3CC3)c3cc(N4CC[C@@H](N(C)CCOCCOCCOCCOCCNC(=O)OC(C)(C)C)C4)c(F)cc3c2=O)ccn1. The Bertz CT molecular complexity index is 1710. The summed E-state index contributed by atoms with van der Waals surface area (Å²) in [4.78, 5) is 33.8. The van der Waals surface area contributed by atoms with Crippen LogP contribution >= 0.6 is 0 Å². The molecule has 3 heterocycles. The molecule has 0 radical (unpaired) electrons. The number of likely N-dealkylation sites (N-methyl/N-ethyl adjacent to an activating group) is 1. The lowest BCUT2D eigenvalue weighted by Crippen LogP contribution is -2.37. The van der Waals surface area contributed by atoms with Crippen molar-refractivity contribution in [2.75, 3.05) is 91.0 Å². The number of amides is 1. The van der Waals surface area contributed by atoms with Crippen LogP contribution in [0.1, 0.15) is 62.9 Å². The molecule has 13 nitrogen and oxygen atoms in total. The molecule has 54 heavy (non-hydrogen) atoms. The highest BCUT2D eigenvalue weighted by molar-refractivity contribution is 5.84. The van der Waals surface area contributed by atoms with Crippen LogP contribution in [0.25, 0.3) is 10.9 Å². The van der Waals surface area contributed by atoms with E-state index in [2.05, 4.69) is 37.0 Å². The van der Waals surface area contributed by atoms with Crippen molar-refractivity contribution < 1.29 is 32.9 Å². The second kappa shape index (κ2) is 20.3. The van der Waals surface area contributed by atoms with Crippen molar-refractivity contribution in [1.82, 2.24) is 25.1 Å². The van der Waals surface area contributed by atoms with Gasteiger partial charge in [0.1, 0.15) is 11.4 Å². The molecule has 14 heteroatoms. The first-order chi connectivity index (χ1) is 26.0. The minimum Gasteiger partial charge on any atom is -0.444 e. The average molecular weight is 755 g/mol. The molecule has 1 atom stereocenters. The lowest BCUT2D eigenvalue weighted by Gasteiger charge is -2.26. The van der Waals surface area contributed by atoms with Crippen molar-refractivity contribution >= 4 is 22.7 Å². The smallest absolute Gasteiger partial charge is 0.407 e. The lowest BCUT2D eigenvalue weighted by atomic mass is 10.1. The maximum atomic E-state index is 15.7. The minimum atomic E-state index is -0.523. The highest BCUT2D eigenvalue weighted by Crippen LogP contribution is 2.38. The van der Waals surface area contributed by atoms with E-state index in [0.717, 1.165) is 49.1 Å². The first-order valence-corrected chi connectivity index (χ1v) is 19.2. The van der Waals surface area contributed by atoms with E-state index in [4.69, 9.17) is 23.7 Å². The molecular formula is C40H59FN6O7. The zero-order valence-electron chi connectivity index (χ0n) is 32.7. The van der Waals surface area contributed by atoms with Gasteiger partial charge in [0.2, 0.25) is 0 Å². The highest BCUT2D eigenvalue weighted by Gasteiger charge is 2.30. The molecule has 0 bridgehead atoms.